The maximum Gasteiger partial charge on any atom is 0.416 e. The van der Waals surface area contributed by atoms with Crippen molar-refractivity contribution in [1.29, 1.82) is 0 Å². The van der Waals surface area contributed by atoms with E-state index in [1.807, 2.05) is 0 Å². The molecular formula is C15H9F3N4O2. The van der Waals surface area contributed by atoms with Gasteiger partial charge in [0.1, 0.15) is 6.26 Å². The molecule has 0 aliphatic carbocycles. The van der Waals surface area contributed by atoms with Crippen LogP contribution in [0.25, 0.3) is 11.3 Å². The van der Waals surface area contributed by atoms with Gasteiger partial charge in [-0.2, -0.15) is 13.2 Å². The summed E-state index contributed by atoms with van der Waals surface area (Å²) in [6.07, 6.45) is -3.13. The van der Waals surface area contributed by atoms with E-state index in [-0.39, 0.29) is 11.5 Å². The minimum Gasteiger partial charge on any atom is -0.364 e. The number of hydrogen-bond donors (Lipinski definition) is 1. The number of nitrogens with zero attached hydrogens (tertiary/aromatic N) is 3. The van der Waals surface area contributed by atoms with Crippen LogP contribution in [0.1, 0.15) is 16.1 Å². The van der Waals surface area contributed by atoms with Crippen molar-refractivity contribution in [2.45, 2.75) is 6.18 Å². The predicted molar refractivity (Wildman–Crippen MR) is 76.9 cm³/mol. The molecule has 0 bridgehead atoms. The summed E-state index contributed by atoms with van der Waals surface area (Å²) in [5, 5.41) is 13.6. The molecule has 2 aromatic heterocycles. The van der Waals surface area contributed by atoms with Gasteiger partial charge >= 0.3 is 6.18 Å². The molecule has 3 aromatic rings. The average molecular weight is 334 g/mol. The lowest BCUT2D eigenvalue weighted by atomic mass is 10.1. The van der Waals surface area contributed by atoms with Crippen molar-refractivity contribution < 1.29 is 22.5 Å². The predicted octanol–water partition coefficient (Wildman–Crippen LogP) is 3.40. The Kier molecular flexibility index (Phi) is 3.98. The first-order valence-electron chi connectivity index (χ1n) is 6.66. The van der Waals surface area contributed by atoms with E-state index in [0.29, 0.717) is 11.3 Å². The molecule has 122 valence electrons. The van der Waals surface area contributed by atoms with Crippen molar-refractivity contribution in [2.24, 2.45) is 0 Å². The van der Waals surface area contributed by atoms with E-state index in [9.17, 15) is 18.0 Å². The zero-order valence-corrected chi connectivity index (χ0v) is 11.9. The Balaban J connectivity index is 1.73. The highest BCUT2D eigenvalue weighted by Gasteiger charge is 2.30. The van der Waals surface area contributed by atoms with Gasteiger partial charge in [-0.25, -0.2) is 0 Å². The number of amides is 1. The molecule has 0 saturated heterocycles. The largest absolute Gasteiger partial charge is 0.416 e. The highest BCUT2D eigenvalue weighted by Crippen LogP contribution is 2.30. The van der Waals surface area contributed by atoms with Crippen LogP contribution in [0, 0.1) is 0 Å². The summed E-state index contributed by atoms with van der Waals surface area (Å²) < 4.78 is 42.2. The third kappa shape index (κ3) is 3.40. The quantitative estimate of drug-likeness (QED) is 0.794. The molecule has 0 spiro atoms. The van der Waals surface area contributed by atoms with Crippen molar-refractivity contribution in [3.63, 3.8) is 0 Å². The van der Waals surface area contributed by atoms with Crippen LogP contribution in [-0.2, 0) is 6.18 Å². The number of alkyl halides is 3. The fraction of sp³-hybridized carbons (Fsp3) is 0.0667. The molecule has 0 atom stereocenters. The molecule has 0 fully saturated rings. The summed E-state index contributed by atoms with van der Waals surface area (Å²) >= 11 is 0. The van der Waals surface area contributed by atoms with Crippen LogP contribution in [0.2, 0.25) is 0 Å². The van der Waals surface area contributed by atoms with Gasteiger partial charge in [0.25, 0.3) is 5.91 Å². The van der Waals surface area contributed by atoms with Crippen LogP contribution < -0.4 is 5.32 Å². The highest BCUT2D eigenvalue weighted by atomic mass is 19.4. The summed E-state index contributed by atoms with van der Waals surface area (Å²) in [7, 11) is 0. The molecule has 6 nitrogen and oxygen atoms in total. The van der Waals surface area contributed by atoms with Crippen LogP contribution in [0.3, 0.4) is 0 Å². The minimum absolute atomic E-state index is 0.0867. The number of aromatic nitrogens is 3. The summed E-state index contributed by atoms with van der Waals surface area (Å²) in [5.74, 6) is -0.334. The lowest BCUT2D eigenvalue weighted by Crippen LogP contribution is -2.13. The molecule has 24 heavy (non-hydrogen) atoms. The van der Waals surface area contributed by atoms with Crippen LogP contribution in [0.15, 0.2) is 53.3 Å². The third-order valence-electron chi connectivity index (χ3n) is 3.08. The number of nitrogens with one attached hydrogen (secondary N) is 1. The molecule has 1 N–H and O–H groups in total. The second-order valence-corrected chi connectivity index (χ2v) is 4.72. The Labute approximate surface area is 133 Å². The van der Waals surface area contributed by atoms with Gasteiger partial charge in [-0.3, -0.25) is 4.79 Å². The van der Waals surface area contributed by atoms with Crippen LogP contribution in [0.5, 0.6) is 0 Å². The number of hydrogen-bond acceptors (Lipinski definition) is 5. The SMILES string of the molecule is O=C(Nc1ccc(-c2ccc(C(F)(F)F)cc2)nn1)c1ccon1. The maximum absolute atomic E-state index is 12.5. The smallest absolute Gasteiger partial charge is 0.364 e. The lowest BCUT2D eigenvalue weighted by Gasteiger charge is -2.07. The fourth-order valence-corrected chi connectivity index (χ4v) is 1.89. The minimum atomic E-state index is -4.39. The van der Waals surface area contributed by atoms with E-state index in [1.165, 1.54) is 36.6 Å². The van der Waals surface area contributed by atoms with E-state index in [4.69, 9.17) is 0 Å². The maximum atomic E-state index is 12.5. The summed E-state index contributed by atoms with van der Waals surface area (Å²) in [6.45, 7) is 0. The van der Waals surface area contributed by atoms with Gasteiger partial charge in [-0.1, -0.05) is 17.3 Å². The molecule has 0 saturated carbocycles. The number of halogens is 3. The van der Waals surface area contributed by atoms with Crippen molar-refractivity contribution in [2.75, 3.05) is 5.32 Å². The topological polar surface area (TPSA) is 80.9 Å². The zero-order chi connectivity index (χ0) is 17.2. The number of anilines is 1. The number of carbonyl (C=O) groups excluding carboxylic acids is 1. The van der Waals surface area contributed by atoms with E-state index in [1.54, 1.807) is 0 Å². The van der Waals surface area contributed by atoms with E-state index in [2.05, 4.69) is 25.2 Å². The molecule has 2 heterocycles. The number of carbonyl (C=O) groups is 1. The molecule has 9 heteroatoms. The second-order valence-electron chi connectivity index (χ2n) is 4.72. The van der Waals surface area contributed by atoms with E-state index < -0.39 is 17.6 Å². The van der Waals surface area contributed by atoms with Crippen LogP contribution in [0.4, 0.5) is 19.0 Å². The van der Waals surface area contributed by atoms with Crippen LogP contribution in [-0.4, -0.2) is 21.3 Å². The lowest BCUT2D eigenvalue weighted by molar-refractivity contribution is -0.137. The third-order valence-corrected chi connectivity index (χ3v) is 3.08. The Hall–Kier alpha value is -3.23. The van der Waals surface area contributed by atoms with E-state index >= 15 is 0 Å². The Morgan fingerprint density at radius 2 is 1.75 bits per heavy atom. The van der Waals surface area contributed by atoms with Gasteiger partial charge in [0, 0.05) is 11.6 Å². The van der Waals surface area contributed by atoms with E-state index in [0.717, 1.165) is 12.1 Å². The monoisotopic (exact) mass is 334 g/mol. The van der Waals surface area contributed by atoms with Gasteiger partial charge in [0.05, 0.1) is 11.3 Å². The molecule has 0 unspecified atom stereocenters. The van der Waals surface area contributed by atoms with Gasteiger partial charge in [0.2, 0.25) is 0 Å². The molecular weight excluding hydrogens is 325 g/mol. The van der Waals surface area contributed by atoms with Crippen molar-refractivity contribution in [3.8, 4) is 11.3 Å². The summed E-state index contributed by atoms with van der Waals surface area (Å²) in [5.41, 5.74) is 0.201. The standard InChI is InChI=1S/C15H9F3N4O2/c16-15(17,18)10-3-1-9(2-4-10)11-5-6-13(21-20-11)19-14(23)12-7-8-24-22-12/h1-8H,(H,19,21,23). The first-order valence-corrected chi connectivity index (χ1v) is 6.66. The van der Waals surface area contributed by atoms with Gasteiger partial charge in [-0.15, -0.1) is 10.2 Å². The van der Waals surface area contributed by atoms with Crippen molar-refractivity contribution >= 4 is 11.7 Å². The molecule has 1 aromatic carbocycles. The normalized spacial score (nSPS) is 11.3. The summed E-state index contributed by atoms with van der Waals surface area (Å²) in [4.78, 5) is 11.8. The summed E-state index contributed by atoms with van der Waals surface area (Å²) in [6, 6.07) is 8.96. The Morgan fingerprint density at radius 1 is 1.00 bits per heavy atom. The molecule has 1 amide bonds. The number of benzene rings is 1. The van der Waals surface area contributed by atoms with Crippen molar-refractivity contribution in [1.82, 2.24) is 15.4 Å². The molecule has 0 aliphatic heterocycles. The van der Waals surface area contributed by atoms with Gasteiger partial charge < -0.3 is 9.84 Å². The number of rotatable bonds is 3. The zero-order valence-electron chi connectivity index (χ0n) is 11.9. The Morgan fingerprint density at radius 3 is 2.29 bits per heavy atom. The first kappa shape index (κ1) is 15.7. The second kappa shape index (κ2) is 6.11. The highest BCUT2D eigenvalue weighted by molar-refractivity contribution is 6.02. The van der Waals surface area contributed by atoms with Crippen LogP contribution >= 0.6 is 0 Å². The van der Waals surface area contributed by atoms with Crippen molar-refractivity contribution in [3.05, 3.63) is 60.0 Å². The molecule has 0 radical (unpaired) electrons. The molecule has 3 rings (SSSR count). The molecule has 0 aliphatic rings. The first-order chi connectivity index (χ1) is 11.4. The van der Waals surface area contributed by atoms with Gasteiger partial charge in [-0.05, 0) is 24.3 Å². The fourth-order valence-electron chi connectivity index (χ4n) is 1.89. The average Bonchev–Trinajstić information content (AvgIpc) is 3.09. The Bertz CT molecular complexity index is 829. The van der Waals surface area contributed by atoms with Gasteiger partial charge in [0.15, 0.2) is 11.5 Å².